The van der Waals surface area contributed by atoms with Crippen molar-refractivity contribution in [2.24, 2.45) is 5.92 Å². The van der Waals surface area contributed by atoms with E-state index in [-0.39, 0.29) is 4.90 Å². The summed E-state index contributed by atoms with van der Waals surface area (Å²) in [6, 6.07) is 6.75. The van der Waals surface area contributed by atoms with E-state index in [1.54, 1.807) is 24.3 Å². The normalized spacial score (nSPS) is 16.5. The predicted octanol–water partition coefficient (Wildman–Crippen LogP) is 3.28. The molecule has 1 aromatic carbocycles. The Kier molecular flexibility index (Phi) is 4.40. The van der Waals surface area contributed by atoms with Crippen molar-refractivity contribution in [1.82, 2.24) is 0 Å². The molecule has 0 N–H and O–H groups in total. The van der Waals surface area contributed by atoms with Crippen molar-refractivity contribution in [1.29, 1.82) is 0 Å². The van der Waals surface area contributed by atoms with Gasteiger partial charge >= 0.3 is 0 Å². The van der Waals surface area contributed by atoms with Gasteiger partial charge in [0.15, 0.2) is 0 Å². The van der Waals surface area contributed by atoms with E-state index in [0.29, 0.717) is 6.61 Å². The lowest BCUT2D eigenvalue weighted by atomic mass is 9.82. The summed E-state index contributed by atoms with van der Waals surface area (Å²) >= 11 is 0. The van der Waals surface area contributed by atoms with Crippen molar-refractivity contribution in [2.45, 2.75) is 43.9 Å². The Bertz CT molecular complexity index is 472. The average molecular weight is 268 g/mol. The molecule has 2 rings (SSSR count). The zero-order chi connectivity index (χ0) is 13.0. The van der Waals surface area contributed by atoms with Crippen LogP contribution >= 0.6 is 0 Å². The molecule has 1 aliphatic rings. The van der Waals surface area contributed by atoms with Gasteiger partial charge in [-0.05, 0) is 37.8 Å². The van der Waals surface area contributed by atoms with Gasteiger partial charge in [0.1, 0.15) is 0 Å². The topological polar surface area (TPSA) is 43.4 Å². The van der Waals surface area contributed by atoms with E-state index in [1.807, 2.05) is 6.92 Å². The summed E-state index contributed by atoms with van der Waals surface area (Å²) < 4.78 is 28.7. The fourth-order valence-electron chi connectivity index (χ4n) is 2.10. The molecule has 1 fully saturated rings. The molecule has 4 heteroatoms. The zero-order valence-corrected chi connectivity index (χ0v) is 11.6. The van der Waals surface area contributed by atoms with E-state index >= 15 is 0 Å². The third-order valence-corrected chi connectivity index (χ3v) is 4.86. The molecule has 100 valence electrons. The molecule has 18 heavy (non-hydrogen) atoms. The van der Waals surface area contributed by atoms with Gasteiger partial charge in [-0.3, -0.25) is 4.18 Å². The van der Waals surface area contributed by atoms with Crippen LogP contribution in [0.25, 0.3) is 0 Å². The van der Waals surface area contributed by atoms with Crippen LogP contribution in [-0.4, -0.2) is 15.0 Å². The second-order valence-corrected chi connectivity index (χ2v) is 6.64. The summed E-state index contributed by atoms with van der Waals surface area (Å²) in [4.78, 5) is 0.247. The fourth-order valence-corrected chi connectivity index (χ4v) is 3.04. The van der Waals surface area contributed by atoms with Crippen LogP contribution in [0.5, 0.6) is 0 Å². The Balaban J connectivity index is 1.81. The van der Waals surface area contributed by atoms with Gasteiger partial charge in [0.05, 0.1) is 11.5 Å². The lowest BCUT2D eigenvalue weighted by Gasteiger charge is -2.24. The zero-order valence-electron chi connectivity index (χ0n) is 10.8. The molecule has 0 atom stereocenters. The van der Waals surface area contributed by atoms with E-state index in [4.69, 9.17) is 4.18 Å². The van der Waals surface area contributed by atoms with E-state index in [1.165, 1.54) is 19.3 Å². The molecule has 1 aromatic rings. The first kappa shape index (κ1) is 13.6. The second kappa shape index (κ2) is 5.85. The Morgan fingerprint density at radius 3 is 2.44 bits per heavy atom. The second-order valence-electron chi connectivity index (χ2n) is 5.03. The summed E-state index contributed by atoms with van der Waals surface area (Å²) in [6.07, 6.45) is 5.84. The van der Waals surface area contributed by atoms with Gasteiger partial charge in [-0.25, -0.2) is 0 Å². The standard InChI is InChI=1S/C14H20O3S/c1-12-7-9-14(10-8-12)18(15,16)17-11-3-6-13-4-2-5-13/h7-10,13H,2-6,11H2,1H3. The molecule has 0 bridgehead atoms. The molecule has 1 aliphatic carbocycles. The number of benzene rings is 1. The monoisotopic (exact) mass is 268 g/mol. The number of aryl methyl sites for hydroxylation is 1. The summed E-state index contributed by atoms with van der Waals surface area (Å²) in [6.45, 7) is 2.22. The molecule has 0 amide bonds. The average Bonchev–Trinajstić information content (AvgIpc) is 2.27. The maximum absolute atomic E-state index is 11.8. The SMILES string of the molecule is Cc1ccc(S(=O)(=O)OCCCC2CCC2)cc1. The van der Waals surface area contributed by atoms with Gasteiger partial charge in [-0.15, -0.1) is 0 Å². The van der Waals surface area contributed by atoms with Crippen LogP contribution in [0.15, 0.2) is 29.2 Å². The Hall–Kier alpha value is -0.870. The van der Waals surface area contributed by atoms with Gasteiger partial charge in [0, 0.05) is 0 Å². The minimum atomic E-state index is -3.56. The van der Waals surface area contributed by atoms with Gasteiger partial charge in [-0.2, -0.15) is 8.42 Å². The first-order valence-electron chi connectivity index (χ1n) is 6.54. The maximum Gasteiger partial charge on any atom is 0.296 e. The van der Waals surface area contributed by atoms with E-state index < -0.39 is 10.1 Å². The third-order valence-electron chi connectivity index (χ3n) is 3.53. The van der Waals surface area contributed by atoms with Gasteiger partial charge in [0.25, 0.3) is 10.1 Å². The quantitative estimate of drug-likeness (QED) is 0.587. The minimum Gasteiger partial charge on any atom is -0.266 e. The summed E-state index contributed by atoms with van der Waals surface area (Å²) in [5.74, 6) is 0.802. The molecule has 0 spiro atoms. The van der Waals surface area contributed by atoms with Crippen LogP contribution < -0.4 is 0 Å². The predicted molar refractivity (Wildman–Crippen MR) is 70.9 cm³/mol. The minimum absolute atomic E-state index is 0.247. The molecular weight excluding hydrogens is 248 g/mol. The van der Waals surface area contributed by atoms with Crippen molar-refractivity contribution in [3.63, 3.8) is 0 Å². The highest BCUT2D eigenvalue weighted by atomic mass is 32.2. The number of rotatable bonds is 6. The van der Waals surface area contributed by atoms with Gasteiger partial charge in [-0.1, -0.05) is 37.0 Å². The Morgan fingerprint density at radius 2 is 1.89 bits per heavy atom. The summed E-state index contributed by atoms with van der Waals surface area (Å²) in [5, 5.41) is 0. The fraction of sp³-hybridized carbons (Fsp3) is 0.571. The van der Waals surface area contributed by atoms with E-state index in [0.717, 1.165) is 24.3 Å². The Labute approximate surface area is 109 Å². The Morgan fingerprint density at radius 1 is 1.22 bits per heavy atom. The third kappa shape index (κ3) is 3.56. The molecule has 0 heterocycles. The molecule has 1 saturated carbocycles. The molecule has 0 saturated heterocycles. The molecule has 3 nitrogen and oxygen atoms in total. The molecule has 0 unspecified atom stereocenters. The largest absolute Gasteiger partial charge is 0.296 e. The smallest absolute Gasteiger partial charge is 0.266 e. The van der Waals surface area contributed by atoms with E-state index in [9.17, 15) is 8.42 Å². The molecule has 0 aromatic heterocycles. The molecule has 0 aliphatic heterocycles. The number of hydrogen-bond donors (Lipinski definition) is 0. The van der Waals surface area contributed by atoms with Crippen molar-refractivity contribution >= 4 is 10.1 Å². The molecular formula is C14H20O3S. The van der Waals surface area contributed by atoms with Crippen LogP contribution in [0.4, 0.5) is 0 Å². The first-order valence-corrected chi connectivity index (χ1v) is 7.95. The van der Waals surface area contributed by atoms with Crippen LogP contribution in [0.2, 0.25) is 0 Å². The van der Waals surface area contributed by atoms with Crippen LogP contribution in [0, 0.1) is 12.8 Å². The lowest BCUT2D eigenvalue weighted by molar-refractivity contribution is 0.249. The van der Waals surface area contributed by atoms with E-state index in [2.05, 4.69) is 0 Å². The maximum atomic E-state index is 11.8. The molecule has 0 radical (unpaired) electrons. The van der Waals surface area contributed by atoms with Crippen LogP contribution in [0.1, 0.15) is 37.7 Å². The summed E-state index contributed by atoms with van der Waals surface area (Å²) in [7, 11) is -3.56. The van der Waals surface area contributed by atoms with Crippen LogP contribution in [-0.2, 0) is 14.3 Å². The van der Waals surface area contributed by atoms with Gasteiger partial charge in [0.2, 0.25) is 0 Å². The van der Waals surface area contributed by atoms with Gasteiger partial charge < -0.3 is 0 Å². The highest BCUT2D eigenvalue weighted by Crippen LogP contribution is 2.30. The highest BCUT2D eigenvalue weighted by Gasteiger charge is 2.18. The lowest BCUT2D eigenvalue weighted by Crippen LogP contribution is -2.13. The first-order chi connectivity index (χ1) is 8.58. The summed E-state index contributed by atoms with van der Waals surface area (Å²) in [5.41, 5.74) is 1.04. The van der Waals surface area contributed by atoms with Crippen LogP contribution in [0.3, 0.4) is 0 Å². The van der Waals surface area contributed by atoms with Crippen molar-refractivity contribution in [3.8, 4) is 0 Å². The highest BCUT2D eigenvalue weighted by molar-refractivity contribution is 7.86. The van der Waals surface area contributed by atoms with Crippen molar-refractivity contribution < 1.29 is 12.6 Å². The van der Waals surface area contributed by atoms with Crippen molar-refractivity contribution in [3.05, 3.63) is 29.8 Å². The number of hydrogen-bond acceptors (Lipinski definition) is 3. The van der Waals surface area contributed by atoms with Crippen molar-refractivity contribution in [2.75, 3.05) is 6.61 Å².